The molecule has 1 nitrogen and oxygen atoms in total. The second-order valence-corrected chi connectivity index (χ2v) is 5.08. The molecule has 0 aromatic carbocycles. The van der Waals surface area contributed by atoms with Gasteiger partial charge in [-0.15, -0.1) is 0 Å². The highest BCUT2D eigenvalue weighted by molar-refractivity contribution is 4.88. The smallest absolute Gasteiger partial charge is 0.0982 e. The van der Waals surface area contributed by atoms with Crippen molar-refractivity contribution in [2.24, 2.45) is 0 Å². The van der Waals surface area contributed by atoms with Crippen LogP contribution in [-0.4, -0.2) is 6.10 Å². The third-order valence-electron chi connectivity index (χ3n) is 3.44. The molecule has 1 saturated heterocycles. The summed E-state index contributed by atoms with van der Waals surface area (Å²) >= 11 is 0. The zero-order chi connectivity index (χ0) is 11.6. The lowest BCUT2D eigenvalue weighted by Crippen LogP contribution is -2.16. The van der Waals surface area contributed by atoms with Crippen molar-refractivity contribution in [3.8, 4) is 0 Å². The number of hydrogen-bond donors (Lipinski definition) is 0. The van der Waals surface area contributed by atoms with E-state index in [4.69, 9.17) is 4.74 Å². The summed E-state index contributed by atoms with van der Waals surface area (Å²) in [6.45, 7) is 6.19. The first-order valence-electron chi connectivity index (χ1n) is 7.17. The van der Waals surface area contributed by atoms with E-state index in [1.54, 1.807) is 0 Å². The van der Waals surface area contributed by atoms with Gasteiger partial charge in [0.05, 0.1) is 11.9 Å². The molecule has 0 unspecified atom stereocenters. The van der Waals surface area contributed by atoms with Crippen molar-refractivity contribution in [1.29, 1.82) is 0 Å². The van der Waals surface area contributed by atoms with Gasteiger partial charge in [0.1, 0.15) is 0 Å². The summed E-state index contributed by atoms with van der Waals surface area (Å²) in [5, 5.41) is 0. The van der Waals surface area contributed by atoms with Gasteiger partial charge in [-0.3, -0.25) is 0 Å². The van der Waals surface area contributed by atoms with Gasteiger partial charge in [0, 0.05) is 6.42 Å². The van der Waals surface area contributed by atoms with E-state index >= 15 is 0 Å². The summed E-state index contributed by atoms with van der Waals surface area (Å²) in [6.07, 6.45) is 15.1. The molecule has 1 fully saturated rings. The second kappa shape index (κ2) is 8.66. The summed E-state index contributed by atoms with van der Waals surface area (Å²) in [4.78, 5) is 0. The summed E-state index contributed by atoms with van der Waals surface area (Å²) < 4.78 is 5.74. The lowest BCUT2D eigenvalue weighted by atomic mass is 10.0. The van der Waals surface area contributed by atoms with E-state index in [0.717, 1.165) is 12.2 Å². The molecule has 1 rings (SSSR count). The minimum atomic E-state index is 0.483. The van der Waals surface area contributed by atoms with Crippen LogP contribution in [0.3, 0.4) is 0 Å². The maximum Gasteiger partial charge on any atom is 0.0982 e. The van der Waals surface area contributed by atoms with Gasteiger partial charge in [0.25, 0.3) is 0 Å². The van der Waals surface area contributed by atoms with E-state index in [-0.39, 0.29) is 0 Å². The average molecular weight is 224 g/mol. The standard InChI is InChI=1S/C15H28O/c1-3-4-5-6-7-8-9-12-15-13-10-11-14(2)16-15/h15H,2-13H2,1H3/t15-/m1/s1. The maximum atomic E-state index is 5.74. The monoisotopic (exact) mass is 224 g/mol. The Hall–Kier alpha value is -0.460. The molecule has 0 aromatic heterocycles. The molecular formula is C15H28O. The van der Waals surface area contributed by atoms with Crippen molar-refractivity contribution < 1.29 is 4.74 Å². The number of ether oxygens (including phenoxy) is 1. The van der Waals surface area contributed by atoms with E-state index in [1.165, 1.54) is 64.2 Å². The van der Waals surface area contributed by atoms with Crippen molar-refractivity contribution in [2.75, 3.05) is 0 Å². The van der Waals surface area contributed by atoms with Crippen LogP contribution in [0.25, 0.3) is 0 Å². The van der Waals surface area contributed by atoms with Crippen LogP contribution in [0.2, 0.25) is 0 Å². The first-order chi connectivity index (χ1) is 7.83. The molecule has 1 aliphatic heterocycles. The van der Waals surface area contributed by atoms with Crippen LogP contribution in [-0.2, 0) is 4.74 Å². The molecule has 1 heteroatoms. The molecule has 1 heterocycles. The third kappa shape index (κ3) is 6.19. The van der Waals surface area contributed by atoms with Gasteiger partial charge >= 0.3 is 0 Å². The molecule has 0 aromatic rings. The molecule has 1 aliphatic rings. The zero-order valence-electron chi connectivity index (χ0n) is 11.0. The Kier molecular flexibility index (Phi) is 7.37. The SMILES string of the molecule is C=C1CCC[C@@H](CCCCCCCCC)O1. The molecule has 0 spiro atoms. The van der Waals surface area contributed by atoms with Crippen LogP contribution in [0.1, 0.15) is 77.6 Å². The van der Waals surface area contributed by atoms with Gasteiger partial charge in [0.2, 0.25) is 0 Å². The van der Waals surface area contributed by atoms with Crippen LogP contribution >= 0.6 is 0 Å². The summed E-state index contributed by atoms with van der Waals surface area (Å²) in [5.41, 5.74) is 0. The molecule has 0 radical (unpaired) electrons. The molecule has 0 N–H and O–H groups in total. The van der Waals surface area contributed by atoms with Crippen molar-refractivity contribution in [2.45, 2.75) is 83.7 Å². The van der Waals surface area contributed by atoms with Crippen molar-refractivity contribution in [3.63, 3.8) is 0 Å². The Morgan fingerprint density at radius 3 is 2.50 bits per heavy atom. The lowest BCUT2D eigenvalue weighted by molar-refractivity contribution is 0.0659. The number of hydrogen-bond acceptors (Lipinski definition) is 1. The quantitative estimate of drug-likeness (QED) is 0.514. The van der Waals surface area contributed by atoms with Gasteiger partial charge in [-0.2, -0.15) is 0 Å². The van der Waals surface area contributed by atoms with Crippen LogP contribution in [0, 0.1) is 0 Å². The number of allylic oxidation sites excluding steroid dienone is 1. The predicted octanol–water partition coefficient (Wildman–Crippen LogP) is 5.21. The first-order valence-corrected chi connectivity index (χ1v) is 7.17. The Morgan fingerprint density at radius 1 is 1.12 bits per heavy atom. The van der Waals surface area contributed by atoms with Crippen molar-refractivity contribution >= 4 is 0 Å². The molecular weight excluding hydrogens is 196 g/mol. The fourth-order valence-electron chi connectivity index (χ4n) is 2.41. The first kappa shape index (κ1) is 13.6. The minimum absolute atomic E-state index is 0.483. The Labute approximate surface area is 101 Å². The number of unbranched alkanes of at least 4 members (excludes halogenated alkanes) is 6. The van der Waals surface area contributed by atoms with E-state index < -0.39 is 0 Å². The Morgan fingerprint density at radius 2 is 1.81 bits per heavy atom. The van der Waals surface area contributed by atoms with Crippen LogP contribution < -0.4 is 0 Å². The maximum absolute atomic E-state index is 5.74. The highest BCUT2D eigenvalue weighted by atomic mass is 16.5. The number of rotatable bonds is 8. The molecule has 94 valence electrons. The minimum Gasteiger partial charge on any atom is -0.495 e. The van der Waals surface area contributed by atoms with E-state index in [0.29, 0.717) is 6.10 Å². The summed E-state index contributed by atoms with van der Waals surface area (Å²) in [6, 6.07) is 0. The highest BCUT2D eigenvalue weighted by Gasteiger charge is 2.15. The van der Waals surface area contributed by atoms with E-state index in [2.05, 4.69) is 13.5 Å². The van der Waals surface area contributed by atoms with Crippen LogP contribution in [0.4, 0.5) is 0 Å². The Balaban J connectivity index is 1.88. The molecule has 0 saturated carbocycles. The third-order valence-corrected chi connectivity index (χ3v) is 3.44. The van der Waals surface area contributed by atoms with E-state index in [9.17, 15) is 0 Å². The normalized spacial score (nSPS) is 20.8. The fraction of sp³-hybridized carbons (Fsp3) is 0.867. The van der Waals surface area contributed by atoms with Crippen LogP contribution in [0.15, 0.2) is 12.3 Å². The molecule has 0 aliphatic carbocycles. The van der Waals surface area contributed by atoms with Gasteiger partial charge in [-0.05, 0) is 25.7 Å². The van der Waals surface area contributed by atoms with Crippen molar-refractivity contribution in [3.05, 3.63) is 12.3 Å². The highest BCUT2D eigenvalue weighted by Crippen LogP contribution is 2.24. The van der Waals surface area contributed by atoms with E-state index in [1.807, 2.05) is 0 Å². The average Bonchev–Trinajstić information content (AvgIpc) is 2.28. The van der Waals surface area contributed by atoms with Crippen molar-refractivity contribution in [1.82, 2.24) is 0 Å². The largest absolute Gasteiger partial charge is 0.495 e. The summed E-state index contributed by atoms with van der Waals surface area (Å²) in [5.74, 6) is 1.01. The molecule has 16 heavy (non-hydrogen) atoms. The second-order valence-electron chi connectivity index (χ2n) is 5.08. The molecule has 0 bridgehead atoms. The van der Waals surface area contributed by atoms with Gasteiger partial charge in [-0.25, -0.2) is 0 Å². The topological polar surface area (TPSA) is 9.23 Å². The van der Waals surface area contributed by atoms with Gasteiger partial charge in [0.15, 0.2) is 0 Å². The summed E-state index contributed by atoms with van der Waals surface area (Å²) in [7, 11) is 0. The van der Waals surface area contributed by atoms with Gasteiger partial charge < -0.3 is 4.74 Å². The molecule has 1 atom stereocenters. The Bertz CT molecular complexity index is 186. The molecule has 0 amide bonds. The lowest BCUT2D eigenvalue weighted by Gasteiger charge is -2.25. The van der Waals surface area contributed by atoms with Gasteiger partial charge in [-0.1, -0.05) is 52.0 Å². The predicted molar refractivity (Wildman–Crippen MR) is 70.5 cm³/mol. The van der Waals surface area contributed by atoms with Crippen LogP contribution in [0.5, 0.6) is 0 Å². The fourth-order valence-corrected chi connectivity index (χ4v) is 2.41. The zero-order valence-corrected chi connectivity index (χ0v) is 11.0.